The second-order valence-corrected chi connectivity index (χ2v) is 8.83. The Kier molecular flexibility index (Phi) is 5.36. The Morgan fingerprint density at radius 1 is 1.03 bits per heavy atom. The van der Waals surface area contributed by atoms with Gasteiger partial charge in [0, 0.05) is 50.9 Å². The Bertz CT molecular complexity index is 1050. The second kappa shape index (κ2) is 8.30. The number of imidazole rings is 1. The van der Waals surface area contributed by atoms with E-state index in [1.54, 1.807) is 0 Å². The minimum atomic E-state index is 0.0546. The number of rotatable bonds is 5. The first-order valence-electron chi connectivity index (χ1n) is 11.3. The molecule has 0 N–H and O–H groups in total. The van der Waals surface area contributed by atoms with Crippen molar-refractivity contribution in [1.82, 2.24) is 24.3 Å². The maximum Gasteiger partial charge on any atom is 0.330 e. The largest absolute Gasteiger partial charge is 0.354 e. The van der Waals surface area contributed by atoms with E-state index in [1.165, 1.54) is 0 Å². The monoisotopic (exact) mass is 418 g/mol. The molecule has 4 heterocycles. The number of benzene rings is 1. The van der Waals surface area contributed by atoms with Gasteiger partial charge in [0.25, 0.3) is 0 Å². The molecule has 2 aliphatic rings. The Labute approximate surface area is 183 Å². The smallest absolute Gasteiger partial charge is 0.330 e. The minimum Gasteiger partial charge on any atom is -0.354 e. The number of aromatic nitrogens is 3. The number of carbonyl (C=O) groups excluding carboxylic acids is 1. The fourth-order valence-corrected chi connectivity index (χ4v) is 4.78. The number of pyridine rings is 1. The van der Waals surface area contributed by atoms with Gasteiger partial charge < -0.3 is 9.80 Å². The molecule has 31 heavy (non-hydrogen) atoms. The van der Waals surface area contributed by atoms with Crippen LogP contribution in [0, 0.1) is 0 Å². The highest BCUT2D eigenvalue weighted by Gasteiger charge is 2.35. The molecule has 1 saturated heterocycles. The Hall–Kier alpha value is -2.93. The van der Waals surface area contributed by atoms with Gasteiger partial charge in [0.05, 0.1) is 11.0 Å². The number of hydrogen-bond donors (Lipinski definition) is 0. The molecule has 1 atom stereocenters. The first-order chi connectivity index (χ1) is 15.1. The summed E-state index contributed by atoms with van der Waals surface area (Å²) in [6, 6.07) is 14.3. The van der Waals surface area contributed by atoms with Crippen molar-refractivity contribution in [2.45, 2.75) is 32.2 Å². The normalized spacial score (nSPS) is 20.0. The Morgan fingerprint density at radius 3 is 2.55 bits per heavy atom. The molecule has 0 bridgehead atoms. The third-order valence-corrected chi connectivity index (χ3v) is 6.57. The quantitative estimate of drug-likeness (QED) is 0.636. The summed E-state index contributed by atoms with van der Waals surface area (Å²) in [5.74, 6) is 2.24. The SMILES string of the molecule is CC(C)N1CC(CCN2CCN(c3ccccn3)CC2)c2nc3ccccc3n2C1=O. The van der Waals surface area contributed by atoms with Crippen LogP contribution in [0.5, 0.6) is 0 Å². The van der Waals surface area contributed by atoms with Crippen LogP contribution in [0.1, 0.15) is 32.0 Å². The van der Waals surface area contributed by atoms with Crippen LogP contribution in [0.3, 0.4) is 0 Å². The number of piperazine rings is 1. The van der Waals surface area contributed by atoms with Gasteiger partial charge >= 0.3 is 6.03 Å². The van der Waals surface area contributed by atoms with E-state index in [4.69, 9.17) is 4.98 Å². The molecule has 1 amide bonds. The van der Waals surface area contributed by atoms with Crippen LogP contribution in [0.2, 0.25) is 0 Å². The number of carbonyl (C=O) groups is 1. The van der Waals surface area contributed by atoms with Crippen LogP contribution >= 0.6 is 0 Å². The number of fused-ring (bicyclic) bond motifs is 3. The van der Waals surface area contributed by atoms with Crippen molar-refractivity contribution >= 4 is 22.9 Å². The van der Waals surface area contributed by atoms with Crippen LogP contribution in [-0.2, 0) is 0 Å². The molecular formula is C24H30N6O. The van der Waals surface area contributed by atoms with Crippen molar-refractivity contribution in [3.05, 3.63) is 54.5 Å². The molecule has 2 aromatic heterocycles. The number of hydrogen-bond acceptors (Lipinski definition) is 5. The average molecular weight is 419 g/mol. The molecule has 0 aliphatic carbocycles. The van der Waals surface area contributed by atoms with Crippen molar-refractivity contribution in [1.29, 1.82) is 0 Å². The molecule has 7 heteroatoms. The predicted octanol–water partition coefficient (Wildman–Crippen LogP) is 3.42. The molecule has 3 aromatic rings. The molecule has 7 nitrogen and oxygen atoms in total. The molecule has 5 rings (SSSR count). The third-order valence-electron chi connectivity index (χ3n) is 6.57. The van der Waals surface area contributed by atoms with Crippen molar-refractivity contribution in [3.63, 3.8) is 0 Å². The maximum atomic E-state index is 13.2. The molecular weight excluding hydrogens is 388 g/mol. The van der Waals surface area contributed by atoms with Crippen LogP contribution in [-0.4, -0.2) is 75.7 Å². The summed E-state index contributed by atoms with van der Waals surface area (Å²) in [7, 11) is 0. The summed E-state index contributed by atoms with van der Waals surface area (Å²) in [6.45, 7) is 10.0. The summed E-state index contributed by atoms with van der Waals surface area (Å²) in [5, 5.41) is 0. The number of nitrogens with zero attached hydrogens (tertiary/aromatic N) is 6. The van der Waals surface area contributed by atoms with E-state index < -0.39 is 0 Å². The van der Waals surface area contributed by atoms with Crippen molar-refractivity contribution < 1.29 is 4.79 Å². The van der Waals surface area contributed by atoms with Gasteiger partial charge in [0.1, 0.15) is 11.6 Å². The van der Waals surface area contributed by atoms with Crippen LogP contribution in [0.25, 0.3) is 11.0 Å². The molecule has 1 aromatic carbocycles. The molecule has 0 spiro atoms. The highest BCUT2D eigenvalue weighted by molar-refractivity contribution is 5.91. The van der Waals surface area contributed by atoms with Crippen molar-refractivity contribution in [2.75, 3.05) is 44.2 Å². The summed E-state index contributed by atoms with van der Waals surface area (Å²) in [6.07, 6.45) is 2.86. The van der Waals surface area contributed by atoms with Gasteiger partial charge in [-0.1, -0.05) is 18.2 Å². The summed E-state index contributed by atoms with van der Waals surface area (Å²) < 4.78 is 1.85. The van der Waals surface area contributed by atoms with E-state index in [0.717, 1.165) is 68.4 Å². The lowest BCUT2D eigenvalue weighted by molar-refractivity contribution is 0.161. The summed E-state index contributed by atoms with van der Waals surface area (Å²) in [5.41, 5.74) is 1.83. The highest BCUT2D eigenvalue weighted by atomic mass is 16.2. The van der Waals surface area contributed by atoms with Gasteiger partial charge in [-0.25, -0.2) is 19.3 Å². The maximum absolute atomic E-state index is 13.2. The Balaban J connectivity index is 1.30. The fourth-order valence-electron chi connectivity index (χ4n) is 4.78. The molecule has 1 unspecified atom stereocenters. The van der Waals surface area contributed by atoms with E-state index in [0.29, 0.717) is 0 Å². The molecule has 1 fully saturated rings. The second-order valence-electron chi connectivity index (χ2n) is 8.83. The van der Waals surface area contributed by atoms with Crippen molar-refractivity contribution in [2.24, 2.45) is 0 Å². The molecule has 2 aliphatic heterocycles. The Morgan fingerprint density at radius 2 is 1.81 bits per heavy atom. The zero-order valence-electron chi connectivity index (χ0n) is 18.3. The first-order valence-corrected chi connectivity index (χ1v) is 11.3. The number of anilines is 1. The summed E-state index contributed by atoms with van der Waals surface area (Å²) >= 11 is 0. The van der Waals surface area contributed by atoms with E-state index in [2.05, 4.69) is 34.7 Å². The standard InChI is InChI=1S/C24H30N6O/c1-18(2)29-17-19(23-26-20-7-3-4-8-21(20)30(23)24(29)31)10-12-27-13-15-28(16-14-27)22-9-5-6-11-25-22/h3-9,11,18-19H,10,12-17H2,1-2H3. The van der Waals surface area contributed by atoms with E-state index in [9.17, 15) is 4.79 Å². The van der Waals surface area contributed by atoms with E-state index in [-0.39, 0.29) is 18.0 Å². The zero-order chi connectivity index (χ0) is 21.4. The van der Waals surface area contributed by atoms with Crippen molar-refractivity contribution in [3.8, 4) is 0 Å². The van der Waals surface area contributed by atoms with Gasteiger partial charge in [-0.3, -0.25) is 4.90 Å². The van der Waals surface area contributed by atoms with Gasteiger partial charge in [-0.15, -0.1) is 0 Å². The predicted molar refractivity (Wildman–Crippen MR) is 123 cm³/mol. The highest BCUT2D eigenvalue weighted by Crippen LogP contribution is 2.31. The lowest BCUT2D eigenvalue weighted by atomic mass is 10.0. The van der Waals surface area contributed by atoms with Crippen LogP contribution < -0.4 is 4.90 Å². The topological polar surface area (TPSA) is 57.5 Å². The molecule has 162 valence electrons. The van der Waals surface area contributed by atoms with E-state index in [1.807, 2.05) is 52.1 Å². The van der Waals surface area contributed by atoms with Crippen LogP contribution in [0.15, 0.2) is 48.7 Å². The van der Waals surface area contributed by atoms with Gasteiger partial charge in [-0.2, -0.15) is 0 Å². The lowest BCUT2D eigenvalue weighted by Crippen LogP contribution is -2.49. The van der Waals surface area contributed by atoms with Crippen LogP contribution in [0.4, 0.5) is 10.6 Å². The van der Waals surface area contributed by atoms with E-state index >= 15 is 0 Å². The number of para-hydroxylation sites is 2. The minimum absolute atomic E-state index is 0.0546. The zero-order valence-corrected chi connectivity index (χ0v) is 18.3. The fraction of sp³-hybridized carbons (Fsp3) is 0.458. The first kappa shape index (κ1) is 20.0. The van der Waals surface area contributed by atoms with Gasteiger partial charge in [0.15, 0.2) is 0 Å². The van der Waals surface area contributed by atoms with Gasteiger partial charge in [0.2, 0.25) is 0 Å². The lowest BCUT2D eigenvalue weighted by Gasteiger charge is -2.38. The average Bonchev–Trinajstić information content (AvgIpc) is 3.20. The summed E-state index contributed by atoms with van der Waals surface area (Å²) in [4.78, 5) is 29.4. The van der Waals surface area contributed by atoms with Gasteiger partial charge in [-0.05, 0) is 51.1 Å². The molecule has 0 saturated carbocycles. The number of amides is 1. The molecule has 0 radical (unpaired) electrons. The third kappa shape index (κ3) is 3.78.